The quantitative estimate of drug-likeness (QED) is 0.859. The number of nitrogens with zero attached hydrogens (tertiary/aromatic N) is 1. The molecular weight excluding hydrogens is 288 g/mol. The van der Waals surface area contributed by atoms with E-state index in [1.807, 2.05) is 6.07 Å². The van der Waals surface area contributed by atoms with Crippen molar-refractivity contribution >= 4 is 16.6 Å². The number of anilines is 1. The largest absolute Gasteiger partial charge is 0.396 e. The van der Waals surface area contributed by atoms with E-state index in [0.717, 1.165) is 50.2 Å². The van der Waals surface area contributed by atoms with Crippen LogP contribution >= 0.6 is 0 Å². The highest BCUT2D eigenvalue weighted by molar-refractivity contribution is 5.93. The van der Waals surface area contributed by atoms with Crippen LogP contribution in [-0.2, 0) is 11.2 Å². The van der Waals surface area contributed by atoms with Crippen LogP contribution in [-0.4, -0.2) is 36.5 Å². The van der Waals surface area contributed by atoms with E-state index in [4.69, 9.17) is 9.72 Å². The molecule has 1 atom stereocenters. The standard InChI is InChI=1S/C19H26N2O2/c1-3-16-14(2)18(15-6-4-5-7-17(15)21-16)20-12-19(8-10-22)9-11-23-13-19/h4-7,22H,3,8-13H2,1-2H3,(H,20,21)/t19-/m1/s1. The van der Waals surface area contributed by atoms with E-state index in [1.165, 1.54) is 16.6 Å². The van der Waals surface area contributed by atoms with Crippen molar-refractivity contribution in [2.45, 2.75) is 33.1 Å². The third kappa shape index (κ3) is 3.19. The number of nitrogens with one attached hydrogen (secondary N) is 1. The van der Waals surface area contributed by atoms with Gasteiger partial charge in [0.2, 0.25) is 0 Å². The number of aromatic nitrogens is 1. The van der Waals surface area contributed by atoms with Crippen LogP contribution in [0.1, 0.15) is 31.0 Å². The van der Waals surface area contributed by atoms with Crippen LogP contribution in [0.2, 0.25) is 0 Å². The number of benzene rings is 1. The second-order valence-corrected chi connectivity index (χ2v) is 6.56. The summed E-state index contributed by atoms with van der Waals surface area (Å²) in [5.74, 6) is 0. The fourth-order valence-electron chi connectivity index (χ4n) is 3.52. The highest BCUT2D eigenvalue weighted by atomic mass is 16.5. The predicted octanol–water partition coefficient (Wildman–Crippen LogP) is 3.31. The van der Waals surface area contributed by atoms with Gasteiger partial charge in [0.15, 0.2) is 0 Å². The van der Waals surface area contributed by atoms with Crippen LogP contribution in [0.15, 0.2) is 24.3 Å². The van der Waals surface area contributed by atoms with Gasteiger partial charge in [-0.25, -0.2) is 0 Å². The van der Waals surface area contributed by atoms with Crippen LogP contribution in [0.5, 0.6) is 0 Å². The first-order valence-electron chi connectivity index (χ1n) is 8.50. The van der Waals surface area contributed by atoms with E-state index in [9.17, 15) is 5.11 Å². The lowest BCUT2D eigenvalue weighted by atomic mass is 9.83. The van der Waals surface area contributed by atoms with Gasteiger partial charge in [-0.05, 0) is 37.8 Å². The van der Waals surface area contributed by atoms with Crippen LogP contribution in [0.25, 0.3) is 10.9 Å². The molecular formula is C19H26N2O2. The van der Waals surface area contributed by atoms with Gasteiger partial charge in [0, 0.05) is 41.9 Å². The average molecular weight is 314 g/mol. The molecule has 0 radical (unpaired) electrons. The summed E-state index contributed by atoms with van der Waals surface area (Å²) in [4.78, 5) is 4.78. The van der Waals surface area contributed by atoms with Gasteiger partial charge in [0.1, 0.15) is 0 Å². The summed E-state index contributed by atoms with van der Waals surface area (Å²) in [6, 6.07) is 8.29. The van der Waals surface area contributed by atoms with Gasteiger partial charge in [-0.3, -0.25) is 4.98 Å². The summed E-state index contributed by atoms with van der Waals surface area (Å²) in [6.45, 7) is 6.84. The van der Waals surface area contributed by atoms with Gasteiger partial charge in [-0.1, -0.05) is 25.1 Å². The molecule has 1 fully saturated rings. The first-order valence-corrected chi connectivity index (χ1v) is 8.50. The lowest BCUT2D eigenvalue weighted by Crippen LogP contribution is -2.31. The Morgan fingerprint density at radius 3 is 2.87 bits per heavy atom. The second-order valence-electron chi connectivity index (χ2n) is 6.56. The Morgan fingerprint density at radius 2 is 2.17 bits per heavy atom. The Morgan fingerprint density at radius 1 is 1.35 bits per heavy atom. The fraction of sp³-hybridized carbons (Fsp3) is 0.526. The zero-order valence-corrected chi connectivity index (χ0v) is 14.1. The smallest absolute Gasteiger partial charge is 0.0726 e. The highest BCUT2D eigenvalue weighted by Gasteiger charge is 2.34. The Bertz CT molecular complexity index is 678. The molecule has 3 rings (SSSR count). The van der Waals surface area contributed by atoms with E-state index in [1.54, 1.807) is 0 Å². The molecule has 2 aromatic rings. The molecule has 0 unspecified atom stereocenters. The van der Waals surface area contributed by atoms with Gasteiger partial charge in [-0.2, -0.15) is 0 Å². The van der Waals surface area contributed by atoms with Crippen LogP contribution in [0.3, 0.4) is 0 Å². The summed E-state index contributed by atoms with van der Waals surface area (Å²) in [5.41, 5.74) is 4.63. The van der Waals surface area contributed by atoms with E-state index < -0.39 is 0 Å². The van der Waals surface area contributed by atoms with E-state index in [0.29, 0.717) is 0 Å². The Labute approximate surface area is 137 Å². The minimum absolute atomic E-state index is 0.0396. The average Bonchev–Trinajstić information content (AvgIpc) is 3.02. The van der Waals surface area contributed by atoms with Gasteiger partial charge in [0.05, 0.1) is 12.1 Å². The van der Waals surface area contributed by atoms with Crippen molar-refractivity contribution in [3.05, 3.63) is 35.5 Å². The first-order chi connectivity index (χ1) is 11.2. The van der Waals surface area contributed by atoms with Gasteiger partial charge >= 0.3 is 0 Å². The van der Waals surface area contributed by atoms with Crippen molar-refractivity contribution in [2.75, 3.05) is 31.7 Å². The number of para-hydroxylation sites is 1. The number of hydrogen-bond donors (Lipinski definition) is 2. The van der Waals surface area contributed by atoms with E-state index in [-0.39, 0.29) is 12.0 Å². The number of ether oxygens (including phenoxy) is 1. The van der Waals surface area contributed by atoms with Crippen molar-refractivity contribution in [1.29, 1.82) is 0 Å². The van der Waals surface area contributed by atoms with E-state index >= 15 is 0 Å². The minimum Gasteiger partial charge on any atom is -0.396 e. The summed E-state index contributed by atoms with van der Waals surface area (Å²) in [5, 5.41) is 14.2. The minimum atomic E-state index is 0.0396. The molecule has 124 valence electrons. The van der Waals surface area contributed by atoms with Crippen LogP contribution < -0.4 is 5.32 Å². The number of fused-ring (bicyclic) bond motifs is 1. The molecule has 0 aliphatic carbocycles. The topological polar surface area (TPSA) is 54.4 Å². The third-order valence-electron chi connectivity index (χ3n) is 5.04. The maximum absolute atomic E-state index is 9.40. The van der Waals surface area contributed by atoms with Crippen molar-refractivity contribution in [2.24, 2.45) is 5.41 Å². The van der Waals surface area contributed by atoms with Crippen molar-refractivity contribution in [3.8, 4) is 0 Å². The Hall–Kier alpha value is -1.65. The maximum atomic E-state index is 9.40. The summed E-state index contributed by atoms with van der Waals surface area (Å²) in [7, 11) is 0. The number of hydrogen-bond acceptors (Lipinski definition) is 4. The predicted molar refractivity (Wildman–Crippen MR) is 93.9 cm³/mol. The Balaban J connectivity index is 1.94. The number of pyridine rings is 1. The first kappa shape index (κ1) is 16.2. The second kappa shape index (κ2) is 6.85. The molecule has 1 saturated heterocycles. The van der Waals surface area contributed by atoms with Gasteiger partial charge < -0.3 is 15.2 Å². The number of aliphatic hydroxyl groups is 1. The summed E-state index contributed by atoms with van der Waals surface area (Å²) < 4.78 is 5.60. The van der Waals surface area contributed by atoms with E-state index in [2.05, 4.69) is 37.4 Å². The van der Waals surface area contributed by atoms with Gasteiger partial charge in [0.25, 0.3) is 0 Å². The normalized spacial score (nSPS) is 21.0. The molecule has 23 heavy (non-hydrogen) atoms. The SMILES string of the molecule is CCc1nc2ccccc2c(NC[C@@]2(CCO)CCOC2)c1C. The summed E-state index contributed by atoms with van der Waals surface area (Å²) >= 11 is 0. The molecule has 1 aliphatic heterocycles. The lowest BCUT2D eigenvalue weighted by molar-refractivity contribution is 0.133. The molecule has 0 saturated carbocycles. The molecule has 1 aliphatic rings. The molecule has 2 heterocycles. The number of aliphatic hydroxyl groups excluding tert-OH is 1. The molecule has 2 N–H and O–H groups in total. The number of aryl methyl sites for hydroxylation is 1. The zero-order chi connectivity index (χ0) is 16.3. The molecule has 1 aromatic carbocycles. The summed E-state index contributed by atoms with van der Waals surface area (Å²) in [6.07, 6.45) is 2.71. The van der Waals surface area contributed by atoms with Crippen molar-refractivity contribution in [1.82, 2.24) is 4.98 Å². The molecule has 0 bridgehead atoms. The molecule has 0 amide bonds. The van der Waals surface area contributed by atoms with Gasteiger partial charge in [-0.15, -0.1) is 0 Å². The zero-order valence-electron chi connectivity index (χ0n) is 14.1. The van der Waals surface area contributed by atoms with Crippen LogP contribution in [0, 0.1) is 12.3 Å². The molecule has 4 nitrogen and oxygen atoms in total. The fourth-order valence-corrected chi connectivity index (χ4v) is 3.52. The Kier molecular flexibility index (Phi) is 4.83. The highest BCUT2D eigenvalue weighted by Crippen LogP contribution is 2.35. The third-order valence-corrected chi connectivity index (χ3v) is 5.04. The number of rotatable bonds is 6. The monoisotopic (exact) mass is 314 g/mol. The molecule has 4 heteroatoms. The lowest BCUT2D eigenvalue weighted by Gasteiger charge is -2.28. The van der Waals surface area contributed by atoms with Crippen molar-refractivity contribution in [3.63, 3.8) is 0 Å². The van der Waals surface area contributed by atoms with Crippen molar-refractivity contribution < 1.29 is 9.84 Å². The molecule has 0 spiro atoms. The molecule has 1 aromatic heterocycles. The maximum Gasteiger partial charge on any atom is 0.0726 e. The van der Waals surface area contributed by atoms with Crippen LogP contribution in [0.4, 0.5) is 5.69 Å².